The molecule has 1 aromatic heterocycles. The van der Waals surface area contributed by atoms with Crippen molar-refractivity contribution in [3.63, 3.8) is 0 Å². The van der Waals surface area contributed by atoms with Crippen LogP contribution in [0.15, 0.2) is 42.6 Å². The topological polar surface area (TPSA) is 42.6 Å². The maximum Gasteiger partial charge on any atom is 0.253 e. The Hall–Kier alpha value is -2.63. The lowest BCUT2D eigenvalue weighted by molar-refractivity contribution is -0.0396. The third-order valence-electron chi connectivity index (χ3n) is 10.5. The third-order valence-corrected chi connectivity index (χ3v) is 10.5. The Morgan fingerprint density at radius 1 is 1.00 bits per heavy atom. The van der Waals surface area contributed by atoms with Gasteiger partial charge >= 0.3 is 0 Å². The van der Waals surface area contributed by atoms with Crippen LogP contribution < -0.4 is 0 Å². The molecule has 1 N–H and O–H groups in total. The molecule has 2 saturated carbocycles. The lowest BCUT2D eigenvalue weighted by Crippen LogP contribution is -2.48. The van der Waals surface area contributed by atoms with Gasteiger partial charge in [0.1, 0.15) is 0 Å². The van der Waals surface area contributed by atoms with E-state index in [1.165, 1.54) is 60.6 Å². The summed E-state index contributed by atoms with van der Waals surface area (Å²) in [5.41, 5.74) is 8.53. The summed E-state index contributed by atoms with van der Waals surface area (Å²) >= 11 is 0. The number of amides is 1. The van der Waals surface area contributed by atoms with Crippen molar-refractivity contribution in [1.29, 1.82) is 0 Å². The van der Waals surface area contributed by atoms with Crippen molar-refractivity contribution in [2.75, 3.05) is 39.8 Å². The first-order valence-corrected chi connectivity index (χ1v) is 15.3. The smallest absolute Gasteiger partial charge is 0.253 e. The number of aryl methyl sites for hydroxylation is 1. The van der Waals surface area contributed by atoms with Crippen molar-refractivity contribution in [3.05, 3.63) is 70.4 Å². The Labute approximate surface area is 233 Å². The number of benzene rings is 2. The molecule has 2 saturated heterocycles. The monoisotopic (exact) mass is 524 g/mol. The van der Waals surface area contributed by atoms with Gasteiger partial charge in [0.2, 0.25) is 0 Å². The fourth-order valence-corrected chi connectivity index (χ4v) is 8.16. The molecule has 0 radical (unpaired) electrons. The molecule has 1 atom stereocenters. The Balaban J connectivity index is 1.18. The van der Waals surface area contributed by atoms with Gasteiger partial charge in [-0.2, -0.15) is 0 Å². The largest absolute Gasteiger partial charge is 0.361 e. The summed E-state index contributed by atoms with van der Waals surface area (Å²) in [7, 11) is 2.13. The molecular formula is C34H44N4O. The molecule has 0 bridgehead atoms. The van der Waals surface area contributed by atoms with E-state index < -0.39 is 0 Å². The molecule has 5 nitrogen and oxygen atoms in total. The molecule has 2 aromatic carbocycles. The zero-order chi connectivity index (χ0) is 26.7. The van der Waals surface area contributed by atoms with E-state index in [9.17, 15) is 4.79 Å². The van der Waals surface area contributed by atoms with Gasteiger partial charge in [-0.05, 0) is 117 Å². The number of carbonyl (C=O) groups excluding carboxylic acids is 1. The van der Waals surface area contributed by atoms with Gasteiger partial charge in [0.25, 0.3) is 5.91 Å². The van der Waals surface area contributed by atoms with Crippen molar-refractivity contribution in [2.24, 2.45) is 11.3 Å². The molecule has 4 fully saturated rings. The minimum Gasteiger partial charge on any atom is -0.361 e. The van der Waals surface area contributed by atoms with Crippen LogP contribution in [-0.4, -0.2) is 65.4 Å². The summed E-state index contributed by atoms with van der Waals surface area (Å²) in [5, 5.41) is 1.42. The molecule has 0 unspecified atom stereocenters. The summed E-state index contributed by atoms with van der Waals surface area (Å²) in [6.07, 6.45) is 10.1. The van der Waals surface area contributed by atoms with Crippen molar-refractivity contribution in [2.45, 2.75) is 70.9 Å². The van der Waals surface area contributed by atoms with Gasteiger partial charge in [-0.15, -0.1) is 0 Å². The number of nitrogens with one attached hydrogen (secondary N) is 1. The Kier molecular flexibility index (Phi) is 6.35. The normalized spacial score (nSPS) is 28.2. The SMILES string of the molecule is Cc1cc(C2CC2)c(CN2CCC3(CC(C)C3)C[C@H]2c2ccc(C(=O)N3CCN(C)CC3)cc2)c2cc[nH]c12. The van der Waals surface area contributed by atoms with Crippen LogP contribution in [-0.2, 0) is 6.54 Å². The maximum atomic E-state index is 13.2. The quantitative estimate of drug-likeness (QED) is 0.415. The number of nitrogens with zero attached hydrogens (tertiary/aromatic N) is 3. The molecular weight excluding hydrogens is 480 g/mol. The highest BCUT2D eigenvalue weighted by molar-refractivity contribution is 5.94. The number of H-pyrrole nitrogens is 1. The number of rotatable bonds is 5. The van der Waals surface area contributed by atoms with Gasteiger partial charge in [0.05, 0.1) is 0 Å². The molecule has 1 spiro atoms. The van der Waals surface area contributed by atoms with Crippen LogP contribution >= 0.6 is 0 Å². The summed E-state index contributed by atoms with van der Waals surface area (Å²) < 4.78 is 0. The minimum absolute atomic E-state index is 0.183. The fourth-order valence-electron chi connectivity index (χ4n) is 8.16. The van der Waals surface area contributed by atoms with Gasteiger partial charge in [-0.3, -0.25) is 9.69 Å². The number of hydrogen-bond acceptors (Lipinski definition) is 3. The Morgan fingerprint density at radius 3 is 2.44 bits per heavy atom. The number of piperazine rings is 1. The molecule has 7 rings (SSSR count). The molecule has 1 amide bonds. The van der Waals surface area contributed by atoms with Crippen LogP contribution in [0.5, 0.6) is 0 Å². The number of fused-ring (bicyclic) bond motifs is 1. The van der Waals surface area contributed by atoms with E-state index in [1.807, 2.05) is 4.90 Å². The van der Waals surface area contributed by atoms with Crippen LogP contribution in [0.3, 0.4) is 0 Å². The molecule has 5 heteroatoms. The fraction of sp³-hybridized carbons (Fsp3) is 0.559. The average molecular weight is 525 g/mol. The lowest BCUT2D eigenvalue weighted by atomic mass is 9.56. The van der Waals surface area contributed by atoms with E-state index in [1.54, 1.807) is 11.1 Å². The highest BCUT2D eigenvalue weighted by atomic mass is 16.2. The van der Waals surface area contributed by atoms with E-state index in [0.29, 0.717) is 11.5 Å². The highest BCUT2D eigenvalue weighted by Crippen LogP contribution is 2.57. The lowest BCUT2D eigenvalue weighted by Gasteiger charge is -2.54. The van der Waals surface area contributed by atoms with Crippen LogP contribution in [0.25, 0.3) is 10.9 Å². The maximum absolute atomic E-state index is 13.2. The number of hydrogen-bond donors (Lipinski definition) is 1. The van der Waals surface area contributed by atoms with Crippen molar-refractivity contribution < 1.29 is 4.79 Å². The second-order valence-corrected chi connectivity index (χ2v) is 13.5. The number of aromatic amines is 1. The third kappa shape index (κ3) is 4.72. The van der Waals surface area contributed by atoms with E-state index in [0.717, 1.165) is 56.7 Å². The van der Waals surface area contributed by atoms with E-state index >= 15 is 0 Å². The molecule has 39 heavy (non-hydrogen) atoms. The highest BCUT2D eigenvalue weighted by Gasteiger charge is 2.47. The number of carbonyl (C=O) groups is 1. The summed E-state index contributed by atoms with van der Waals surface area (Å²) in [5.74, 6) is 1.78. The zero-order valence-electron chi connectivity index (χ0n) is 24.0. The molecule has 2 aliphatic carbocycles. The van der Waals surface area contributed by atoms with Gasteiger partial charge in [0, 0.05) is 61.4 Å². The first-order chi connectivity index (χ1) is 18.9. The first kappa shape index (κ1) is 25.3. The van der Waals surface area contributed by atoms with Gasteiger partial charge in [0.15, 0.2) is 0 Å². The number of likely N-dealkylation sites (N-methyl/N-ethyl adjacent to an activating group) is 1. The predicted molar refractivity (Wildman–Crippen MR) is 158 cm³/mol. The number of likely N-dealkylation sites (tertiary alicyclic amines) is 1. The molecule has 2 aliphatic heterocycles. The van der Waals surface area contributed by atoms with E-state index in [2.05, 4.69) is 78.3 Å². The average Bonchev–Trinajstić information content (AvgIpc) is 3.65. The molecule has 206 valence electrons. The van der Waals surface area contributed by atoms with Crippen molar-refractivity contribution in [3.8, 4) is 0 Å². The van der Waals surface area contributed by atoms with Crippen LogP contribution in [0.2, 0.25) is 0 Å². The molecule has 3 heterocycles. The summed E-state index contributed by atoms with van der Waals surface area (Å²) in [6.45, 7) is 10.4. The van der Waals surface area contributed by atoms with Gasteiger partial charge in [-0.1, -0.05) is 25.1 Å². The standard InChI is InChI=1S/C34H44N4O/c1-23-19-34(20-23)11-13-38(22-30-28-10-12-35-32(28)24(2)18-29(30)25-4-5-25)31(21-34)26-6-8-27(9-7-26)33(39)37-16-14-36(3)15-17-37/h6-10,12,18,23,25,31,35H,4-5,11,13-17,19-22H2,1-3H3/t23?,31-,34?/m0/s1. The second-order valence-electron chi connectivity index (χ2n) is 13.5. The minimum atomic E-state index is 0.183. The molecule has 4 aliphatic rings. The summed E-state index contributed by atoms with van der Waals surface area (Å²) in [6, 6.07) is 13.9. The second kappa shape index (κ2) is 9.78. The van der Waals surface area contributed by atoms with Crippen LogP contribution in [0.1, 0.15) is 90.0 Å². The zero-order valence-corrected chi connectivity index (χ0v) is 24.0. The van der Waals surface area contributed by atoms with Gasteiger partial charge < -0.3 is 14.8 Å². The Bertz CT molecular complexity index is 1360. The van der Waals surface area contributed by atoms with E-state index in [-0.39, 0.29) is 5.91 Å². The van der Waals surface area contributed by atoms with Crippen LogP contribution in [0, 0.1) is 18.3 Å². The Morgan fingerprint density at radius 2 is 1.74 bits per heavy atom. The predicted octanol–water partition coefficient (Wildman–Crippen LogP) is 6.49. The summed E-state index contributed by atoms with van der Waals surface area (Å²) in [4.78, 5) is 23.8. The van der Waals surface area contributed by atoms with Crippen molar-refractivity contribution >= 4 is 16.8 Å². The number of aromatic nitrogens is 1. The van der Waals surface area contributed by atoms with Crippen LogP contribution in [0.4, 0.5) is 0 Å². The van der Waals surface area contributed by atoms with Gasteiger partial charge in [-0.25, -0.2) is 0 Å². The first-order valence-electron chi connectivity index (χ1n) is 15.3. The van der Waals surface area contributed by atoms with Crippen molar-refractivity contribution in [1.82, 2.24) is 19.7 Å². The molecule has 3 aromatic rings. The van der Waals surface area contributed by atoms with E-state index in [4.69, 9.17) is 0 Å². The number of piperidine rings is 1.